The largest absolute Gasteiger partial charge is 0.478 e. The SMILES string of the molecule is Cc1oc(C2CCC2)c(C(=O)O)c1C(C)C. The molecule has 1 fully saturated rings. The highest BCUT2D eigenvalue weighted by Crippen LogP contribution is 2.42. The summed E-state index contributed by atoms with van der Waals surface area (Å²) in [6, 6.07) is 0. The molecule has 0 aromatic carbocycles. The normalized spacial score (nSPS) is 16.5. The van der Waals surface area contributed by atoms with Gasteiger partial charge in [-0.1, -0.05) is 20.3 Å². The quantitative estimate of drug-likeness (QED) is 0.848. The molecular formula is C13H18O3. The molecule has 1 aliphatic carbocycles. The molecule has 0 saturated heterocycles. The van der Waals surface area contributed by atoms with E-state index < -0.39 is 5.97 Å². The summed E-state index contributed by atoms with van der Waals surface area (Å²) in [4.78, 5) is 11.3. The Hall–Kier alpha value is -1.25. The minimum Gasteiger partial charge on any atom is -0.478 e. The molecule has 3 nitrogen and oxygen atoms in total. The van der Waals surface area contributed by atoms with E-state index in [0.29, 0.717) is 17.2 Å². The van der Waals surface area contributed by atoms with Gasteiger partial charge in [0.25, 0.3) is 0 Å². The van der Waals surface area contributed by atoms with Crippen LogP contribution in [0.5, 0.6) is 0 Å². The van der Waals surface area contributed by atoms with Crippen LogP contribution in [0.4, 0.5) is 0 Å². The van der Waals surface area contributed by atoms with Crippen LogP contribution in [0.1, 0.15) is 72.4 Å². The summed E-state index contributed by atoms with van der Waals surface area (Å²) in [6.07, 6.45) is 3.30. The number of furan rings is 1. The van der Waals surface area contributed by atoms with E-state index in [-0.39, 0.29) is 5.92 Å². The zero-order chi connectivity index (χ0) is 11.9. The Balaban J connectivity index is 2.52. The Bertz CT molecular complexity index is 411. The first-order valence-electron chi connectivity index (χ1n) is 5.88. The highest BCUT2D eigenvalue weighted by molar-refractivity contribution is 5.91. The molecule has 3 heteroatoms. The van der Waals surface area contributed by atoms with E-state index in [9.17, 15) is 9.90 Å². The van der Waals surface area contributed by atoms with Gasteiger partial charge in [0.15, 0.2) is 0 Å². The van der Waals surface area contributed by atoms with Crippen LogP contribution in [0, 0.1) is 6.92 Å². The average Bonchev–Trinajstić information content (AvgIpc) is 2.39. The van der Waals surface area contributed by atoms with Crippen molar-refractivity contribution in [2.75, 3.05) is 0 Å². The molecule has 1 heterocycles. The van der Waals surface area contributed by atoms with Gasteiger partial charge in [0, 0.05) is 11.5 Å². The van der Waals surface area contributed by atoms with Crippen LogP contribution < -0.4 is 0 Å². The maximum absolute atomic E-state index is 11.3. The second kappa shape index (κ2) is 3.96. The fourth-order valence-electron chi connectivity index (χ4n) is 2.45. The van der Waals surface area contributed by atoms with Crippen LogP contribution in [0.3, 0.4) is 0 Å². The second-order valence-corrected chi connectivity index (χ2v) is 4.90. The molecule has 0 radical (unpaired) electrons. The van der Waals surface area contributed by atoms with Crippen molar-refractivity contribution >= 4 is 5.97 Å². The van der Waals surface area contributed by atoms with Gasteiger partial charge in [0.1, 0.15) is 17.1 Å². The van der Waals surface area contributed by atoms with E-state index >= 15 is 0 Å². The van der Waals surface area contributed by atoms with Crippen molar-refractivity contribution in [3.8, 4) is 0 Å². The van der Waals surface area contributed by atoms with Crippen molar-refractivity contribution in [3.05, 3.63) is 22.6 Å². The minimum absolute atomic E-state index is 0.198. The van der Waals surface area contributed by atoms with Crippen molar-refractivity contribution in [3.63, 3.8) is 0 Å². The third kappa shape index (κ3) is 1.64. The Kier molecular flexibility index (Phi) is 2.78. The van der Waals surface area contributed by atoms with Crippen LogP contribution in [0.15, 0.2) is 4.42 Å². The van der Waals surface area contributed by atoms with Crippen molar-refractivity contribution in [1.29, 1.82) is 0 Å². The topological polar surface area (TPSA) is 50.4 Å². The third-order valence-corrected chi connectivity index (χ3v) is 3.43. The van der Waals surface area contributed by atoms with Gasteiger partial charge in [-0.3, -0.25) is 0 Å². The van der Waals surface area contributed by atoms with Gasteiger partial charge < -0.3 is 9.52 Å². The van der Waals surface area contributed by atoms with Gasteiger partial charge in [-0.05, 0) is 25.7 Å². The van der Waals surface area contributed by atoms with Gasteiger partial charge >= 0.3 is 5.97 Å². The summed E-state index contributed by atoms with van der Waals surface area (Å²) in [6.45, 7) is 5.88. The Morgan fingerprint density at radius 3 is 2.44 bits per heavy atom. The highest BCUT2D eigenvalue weighted by Gasteiger charge is 2.32. The molecule has 1 aliphatic rings. The molecule has 1 saturated carbocycles. The molecule has 0 atom stereocenters. The molecule has 1 aromatic rings. The lowest BCUT2D eigenvalue weighted by molar-refractivity contribution is 0.0691. The van der Waals surface area contributed by atoms with E-state index in [1.165, 1.54) is 6.42 Å². The lowest BCUT2D eigenvalue weighted by Gasteiger charge is -2.23. The van der Waals surface area contributed by atoms with Crippen molar-refractivity contribution in [2.45, 2.75) is 51.9 Å². The molecule has 0 spiro atoms. The monoisotopic (exact) mass is 222 g/mol. The lowest BCUT2D eigenvalue weighted by Crippen LogP contribution is -2.13. The fourth-order valence-corrected chi connectivity index (χ4v) is 2.45. The summed E-state index contributed by atoms with van der Waals surface area (Å²) in [7, 11) is 0. The van der Waals surface area contributed by atoms with Crippen LogP contribution >= 0.6 is 0 Å². The Morgan fingerprint density at radius 1 is 1.44 bits per heavy atom. The fraction of sp³-hybridized carbons (Fsp3) is 0.615. The molecule has 88 valence electrons. The third-order valence-electron chi connectivity index (χ3n) is 3.43. The molecule has 1 N–H and O–H groups in total. The van der Waals surface area contributed by atoms with Crippen molar-refractivity contribution < 1.29 is 14.3 Å². The number of rotatable bonds is 3. The van der Waals surface area contributed by atoms with Crippen LogP contribution in [-0.2, 0) is 0 Å². The van der Waals surface area contributed by atoms with Crippen molar-refractivity contribution in [2.24, 2.45) is 0 Å². The van der Waals surface area contributed by atoms with E-state index in [0.717, 1.165) is 24.2 Å². The summed E-state index contributed by atoms with van der Waals surface area (Å²) in [5, 5.41) is 9.32. The predicted molar refractivity (Wildman–Crippen MR) is 61.1 cm³/mol. The number of carboxylic acid groups (broad SMARTS) is 1. The first-order valence-corrected chi connectivity index (χ1v) is 5.88. The number of hydrogen-bond donors (Lipinski definition) is 1. The predicted octanol–water partition coefficient (Wildman–Crippen LogP) is 3.68. The number of carboxylic acids is 1. The summed E-state index contributed by atoms with van der Waals surface area (Å²) in [5.74, 6) is 1.16. The maximum atomic E-state index is 11.3. The van der Waals surface area contributed by atoms with E-state index in [2.05, 4.69) is 0 Å². The van der Waals surface area contributed by atoms with Gasteiger partial charge in [0.05, 0.1) is 0 Å². The zero-order valence-corrected chi connectivity index (χ0v) is 10.0. The molecule has 0 unspecified atom stereocenters. The molecule has 0 bridgehead atoms. The van der Waals surface area contributed by atoms with Gasteiger partial charge in [-0.15, -0.1) is 0 Å². The average molecular weight is 222 g/mol. The molecule has 1 aromatic heterocycles. The molecular weight excluding hydrogens is 204 g/mol. The van der Waals surface area contributed by atoms with E-state index in [4.69, 9.17) is 4.42 Å². The van der Waals surface area contributed by atoms with Crippen molar-refractivity contribution in [1.82, 2.24) is 0 Å². The van der Waals surface area contributed by atoms with E-state index in [1.807, 2.05) is 20.8 Å². The smallest absolute Gasteiger partial charge is 0.339 e. The standard InChI is InChI=1S/C13H18O3/c1-7(2)10-8(3)16-12(9-5-4-6-9)11(10)13(14)15/h7,9H,4-6H2,1-3H3,(H,14,15). The van der Waals surface area contributed by atoms with Crippen LogP contribution in [-0.4, -0.2) is 11.1 Å². The second-order valence-electron chi connectivity index (χ2n) is 4.90. The Labute approximate surface area is 95.5 Å². The zero-order valence-electron chi connectivity index (χ0n) is 10.0. The number of carbonyl (C=O) groups is 1. The highest BCUT2D eigenvalue weighted by atomic mass is 16.4. The van der Waals surface area contributed by atoms with E-state index in [1.54, 1.807) is 0 Å². The summed E-state index contributed by atoms with van der Waals surface area (Å²) >= 11 is 0. The van der Waals surface area contributed by atoms with Gasteiger partial charge in [-0.25, -0.2) is 4.79 Å². The van der Waals surface area contributed by atoms with Crippen LogP contribution in [0.25, 0.3) is 0 Å². The van der Waals surface area contributed by atoms with Gasteiger partial charge in [0.2, 0.25) is 0 Å². The number of aryl methyl sites for hydroxylation is 1. The number of aromatic carboxylic acids is 1. The first kappa shape index (κ1) is 11.2. The maximum Gasteiger partial charge on any atom is 0.339 e. The molecule has 16 heavy (non-hydrogen) atoms. The minimum atomic E-state index is -0.845. The summed E-state index contributed by atoms with van der Waals surface area (Å²) in [5.41, 5.74) is 1.30. The first-order chi connectivity index (χ1) is 7.52. The number of hydrogen-bond acceptors (Lipinski definition) is 2. The lowest BCUT2D eigenvalue weighted by atomic mass is 9.81. The molecule has 0 amide bonds. The molecule has 0 aliphatic heterocycles. The van der Waals surface area contributed by atoms with Crippen LogP contribution in [0.2, 0.25) is 0 Å². The molecule has 2 rings (SSSR count). The van der Waals surface area contributed by atoms with Gasteiger partial charge in [-0.2, -0.15) is 0 Å². The Morgan fingerprint density at radius 2 is 2.06 bits per heavy atom. The summed E-state index contributed by atoms with van der Waals surface area (Å²) < 4.78 is 5.69.